The second kappa shape index (κ2) is 4.41. The summed E-state index contributed by atoms with van der Waals surface area (Å²) in [5.41, 5.74) is 8.70. The maximum atomic E-state index is 5.86. The zero-order valence-corrected chi connectivity index (χ0v) is 9.49. The maximum absolute atomic E-state index is 5.86. The Hall–Kier alpha value is -1.74. The topological polar surface area (TPSA) is 48.4 Å². The molecule has 84 valence electrons. The molecule has 2 N–H and O–H groups in total. The van der Waals surface area contributed by atoms with Crippen LogP contribution in [0.25, 0.3) is 11.3 Å². The Morgan fingerprint density at radius 3 is 2.75 bits per heavy atom. The standard InChI is InChI=1S/C13H15NO2/c1-9-3-4-10(7-12(9)14)13-6-5-11(16-13)8-15-2/h3-7H,8,14H2,1-2H3. The van der Waals surface area contributed by atoms with Crippen molar-refractivity contribution in [1.82, 2.24) is 0 Å². The lowest BCUT2D eigenvalue weighted by atomic mass is 10.1. The van der Waals surface area contributed by atoms with Gasteiger partial charge in [-0.1, -0.05) is 12.1 Å². The number of aryl methyl sites for hydroxylation is 1. The predicted molar refractivity (Wildman–Crippen MR) is 64.0 cm³/mol. The Bertz CT molecular complexity index is 488. The van der Waals surface area contributed by atoms with Gasteiger partial charge in [0.1, 0.15) is 18.1 Å². The third-order valence-electron chi connectivity index (χ3n) is 2.51. The summed E-state index contributed by atoms with van der Waals surface area (Å²) in [6.45, 7) is 2.47. The molecule has 2 aromatic rings. The van der Waals surface area contributed by atoms with Crippen LogP contribution in [-0.4, -0.2) is 7.11 Å². The highest BCUT2D eigenvalue weighted by atomic mass is 16.5. The van der Waals surface area contributed by atoms with Crippen molar-refractivity contribution in [1.29, 1.82) is 0 Å². The SMILES string of the molecule is COCc1ccc(-c2ccc(C)c(N)c2)o1. The van der Waals surface area contributed by atoms with E-state index in [9.17, 15) is 0 Å². The normalized spacial score (nSPS) is 10.6. The van der Waals surface area contributed by atoms with Crippen LogP contribution in [0.15, 0.2) is 34.7 Å². The first-order chi connectivity index (χ1) is 7.70. The molecule has 1 heterocycles. The van der Waals surface area contributed by atoms with Gasteiger partial charge in [0, 0.05) is 18.4 Å². The van der Waals surface area contributed by atoms with Crippen molar-refractivity contribution in [3.05, 3.63) is 41.7 Å². The summed E-state index contributed by atoms with van der Waals surface area (Å²) in [7, 11) is 1.64. The smallest absolute Gasteiger partial charge is 0.134 e. The molecular weight excluding hydrogens is 202 g/mol. The fourth-order valence-electron chi connectivity index (χ4n) is 1.55. The van der Waals surface area contributed by atoms with Crippen molar-refractivity contribution < 1.29 is 9.15 Å². The van der Waals surface area contributed by atoms with E-state index in [0.717, 1.165) is 28.3 Å². The van der Waals surface area contributed by atoms with E-state index in [2.05, 4.69) is 0 Å². The molecule has 16 heavy (non-hydrogen) atoms. The molecule has 0 saturated carbocycles. The van der Waals surface area contributed by atoms with Crippen molar-refractivity contribution >= 4 is 5.69 Å². The molecule has 3 heteroatoms. The molecule has 2 rings (SSSR count). The van der Waals surface area contributed by atoms with Gasteiger partial charge in [-0.2, -0.15) is 0 Å². The highest BCUT2D eigenvalue weighted by Gasteiger charge is 2.05. The zero-order valence-electron chi connectivity index (χ0n) is 9.49. The quantitative estimate of drug-likeness (QED) is 0.804. The Kier molecular flexibility index (Phi) is 2.97. The molecule has 0 saturated heterocycles. The minimum Gasteiger partial charge on any atom is -0.459 e. The fraction of sp³-hybridized carbons (Fsp3) is 0.231. The number of hydrogen-bond acceptors (Lipinski definition) is 3. The van der Waals surface area contributed by atoms with Crippen molar-refractivity contribution in [3.63, 3.8) is 0 Å². The van der Waals surface area contributed by atoms with Gasteiger partial charge in [-0.25, -0.2) is 0 Å². The van der Waals surface area contributed by atoms with Crippen LogP contribution in [0.3, 0.4) is 0 Å². The molecule has 1 aromatic carbocycles. The summed E-state index contributed by atoms with van der Waals surface area (Å²) >= 11 is 0. The summed E-state index contributed by atoms with van der Waals surface area (Å²) in [5, 5.41) is 0. The van der Waals surface area contributed by atoms with Gasteiger partial charge < -0.3 is 14.9 Å². The van der Waals surface area contributed by atoms with Crippen LogP contribution in [0.1, 0.15) is 11.3 Å². The van der Waals surface area contributed by atoms with Gasteiger partial charge in [-0.05, 0) is 30.7 Å². The number of benzene rings is 1. The van der Waals surface area contributed by atoms with Gasteiger partial charge in [0.15, 0.2) is 0 Å². The van der Waals surface area contributed by atoms with Crippen LogP contribution in [0.4, 0.5) is 5.69 Å². The second-order valence-corrected chi connectivity index (χ2v) is 3.77. The number of furan rings is 1. The molecule has 0 aliphatic heterocycles. The van der Waals surface area contributed by atoms with E-state index in [4.69, 9.17) is 14.9 Å². The molecule has 0 radical (unpaired) electrons. The van der Waals surface area contributed by atoms with Crippen LogP contribution >= 0.6 is 0 Å². The van der Waals surface area contributed by atoms with E-state index in [1.54, 1.807) is 7.11 Å². The number of nitrogen functional groups attached to an aromatic ring is 1. The number of anilines is 1. The lowest BCUT2D eigenvalue weighted by Crippen LogP contribution is -1.89. The monoisotopic (exact) mass is 217 g/mol. The summed E-state index contributed by atoms with van der Waals surface area (Å²) in [4.78, 5) is 0. The first-order valence-electron chi connectivity index (χ1n) is 5.15. The Morgan fingerprint density at radius 1 is 1.25 bits per heavy atom. The van der Waals surface area contributed by atoms with Crippen LogP contribution in [0.2, 0.25) is 0 Å². The molecule has 0 spiro atoms. The minimum atomic E-state index is 0.487. The second-order valence-electron chi connectivity index (χ2n) is 3.77. The molecule has 0 aliphatic rings. The van der Waals surface area contributed by atoms with Crippen LogP contribution in [-0.2, 0) is 11.3 Å². The highest BCUT2D eigenvalue weighted by Crippen LogP contribution is 2.25. The molecule has 0 amide bonds. The van der Waals surface area contributed by atoms with Gasteiger partial charge in [-0.15, -0.1) is 0 Å². The molecule has 1 aromatic heterocycles. The number of nitrogens with two attached hydrogens (primary N) is 1. The average Bonchev–Trinajstić information content (AvgIpc) is 2.71. The number of rotatable bonds is 3. The summed E-state index contributed by atoms with van der Waals surface area (Å²) in [6, 6.07) is 9.75. The van der Waals surface area contributed by atoms with Crippen LogP contribution < -0.4 is 5.73 Å². The number of hydrogen-bond donors (Lipinski definition) is 1. The third kappa shape index (κ3) is 2.09. The van der Waals surface area contributed by atoms with Gasteiger partial charge in [-0.3, -0.25) is 0 Å². The first-order valence-corrected chi connectivity index (χ1v) is 5.15. The largest absolute Gasteiger partial charge is 0.459 e. The number of methoxy groups -OCH3 is 1. The van der Waals surface area contributed by atoms with E-state index in [1.807, 2.05) is 37.3 Å². The van der Waals surface area contributed by atoms with Gasteiger partial charge >= 0.3 is 0 Å². The Labute approximate surface area is 94.8 Å². The number of ether oxygens (including phenoxy) is 1. The fourth-order valence-corrected chi connectivity index (χ4v) is 1.55. The lowest BCUT2D eigenvalue weighted by molar-refractivity contribution is 0.165. The van der Waals surface area contributed by atoms with Crippen molar-refractivity contribution in [2.75, 3.05) is 12.8 Å². The molecule has 3 nitrogen and oxygen atoms in total. The average molecular weight is 217 g/mol. The van der Waals surface area contributed by atoms with Crippen molar-refractivity contribution in [2.24, 2.45) is 0 Å². The third-order valence-corrected chi connectivity index (χ3v) is 2.51. The van der Waals surface area contributed by atoms with Gasteiger partial charge in [0.25, 0.3) is 0 Å². The zero-order chi connectivity index (χ0) is 11.5. The van der Waals surface area contributed by atoms with Gasteiger partial charge in [0.05, 0.1) is 0 Å². The molecular formula is C13H15NO2. The van der Waals surface area contributed by atoms with Crippen LogP contribution in [0, 0.1) is 6.92 Å². The minimum absolute atomic E-state index is 0.487. The van der Waals surface area contributed by atoms with Crippen LogP contribution in [0.5, 0.6) is 0 Å². The summed E-state index contributed by atoms with van der Waals surface area (Å²) in [6.07, 6.45) is 0. The van der Waals surface area contributed by atoms with E-state index in [1.165, 1.54) is 0 Å². The molecule has 0 aliphatic carbocycles. The Balaban J connectivity index is 2.31. The van der Waals surface area contributed by atoms with Crippen molar-refractivity contribution in [2.45, 2.75) is 13.5 Å². The molecule has 0 atom stereocenters. The molecule has 0 fully saturated rings. The van der Waals surface area contributed by atoms with Gasteiger partial charge in [0.2, 0.25) is 0 Å². The van der Waals surface area contributed by atoms with E-state index < -0.39 is 0 Å². The molecule has 0 unspecified atom stereocenters. The summed E-state index contributed by atoms with van der Waals surface area (Å²) in [5.74, 6) is 1.63. The highest BCUT2D eigenvalue weighted by molar-refractivity contribution is 5.65. The van der Waals surface area contributed by atoms with E-state index >= 15 is 0 Å². The Morgan fingerprint density at radius 2 is 2.06 bits per heavy atom. The molecule has 0 bridgehead atoms. The summed E-state index contributed by atoms with van der Waals surface area (Å²) < 4.78 is 10.6. The van der Waals surface area contributed by atoms with E-state index in [0.29, 0.717) is 6.61 Å². The first kappa shape index (κ1) is 10.8. The maximum Gasteiger partial charge on any atom is 0.134 e. The van der Waals surface area contributed by atoms with Crippen molar-refractivity contribution in [3.8, 4) is 11.3 Å². The van der Waals surface area contributed by atoms with E-state index in [-0.39, 0.29) is 0 Å². The lowest BCUT2D eigenvalue weighted by Gasteiger charge is -2.02. The predicted octanol–water partition coefficient (Wildman–Crippen LogP) is 2.98.